The lowest BCUT2D eigenvalue weighted by Crippen LogP contribution is -2.19. The predicted molar refractivity (Wildman–Crippen MR) is 114 cm³/mol. The minimum Gasteiger partial charge on any atom is -0.497 e. The molecule has 0 spiro atoms. The van der Waals surface area contributed by atoms with Crippen molar-refractivity contribution >= 4 is 34.9 Å². The van der Waals surface area contributed by atoms with E-state index in [-0.39, 0.29) is 12.5 Å². The first-order valence-corrected chi connectivity index (χ1v) is 10.0. The third-order valence-corrected chi connectivity index (χ3v) is 5.33. The van der Waals surface area contributed by atoms with Gasteiger partial charge in [0.05, 0.1) is 7.11 Å². The van der Waals surface area contributed by atoms with Crippen molar-refractivity contribution in [3.8, 4) is 17.1 Å². The predicted octanol–water partition coefficient (Wildman–Crippen LogP) is 4.27. The third kappa shape index (κ3) is 3.59. The Labute approximate surface area is 176 Å². The summed E-state index contributed by atoms with van der Waals surface area (Å²) in [6, 6.07) is 12.9. The van der Waals surface area contributed by atoms with E-state index >= 15 is 0 Å². The van der Waals surface area contributed by atoms with Crippen LogP contribution in [-0.4, -0.2) is 32.8 Å². The van der Waals surface area contributed by atoms with Crippen molar-refractivity contribution in [3.05, 3.63) is 53.1 Å². The Balaban J connectivity index is 1.34. The van der Waals surface area contributed by atoms with Gasteiger partial charge in [0, 0.05) is 17.2 Å². The topological polar surface area (TPSA) is 98.0 Å². The number of nitrogens with one attached hydrogen (secondary N) is 2. The zero-order valence-corrected chi connectivity index (χ0v) is 17.0. The molecule has 0 bridgehead atoms. The van der Waals surface area contributed by atoms with Crippen LogP contribution in [0.15, 0.2) is 46.9 Å². The molecule has 2 aromatic carbocycles. The van der Waals surface area contributed by atoms with E-state index in [2.05, 4.69) is 20.5 Å². The van der Waals surface area contributed by atoms with Gasteiger partial charge in [0.15, 0.2) is 22.1 Å². The SMILES string of the molecule is COc1ccc(-c2n[nH]c(=S)n2CC(=O)Nc2ccc3oc(C4CC4)nc3c2)cc1. The first-order chi connectivity index (χ1) is 14.6. The number of H-pyrrole nitrogens is 1. The van der Waals surface area contributed by atoms with E-state index in [0.717, 1.165) is 41.1 Å². The molecule has 1 saturated carbocycles. The van der Waals surface area contributed by atoms with Crippen molar-refractivity contribution in [2.75, 3.05) is 12.4 Å². The Morgan fingerprint density at radius 3 is 2.83 bits per heavy atom. The molecular weight excluding hydrogens is 402 g/mol. The number of carbonyl (C=O) groups excluding carboxylic acids is 1. The number of hydrogen-bond donors (Lipinski definition) is 2. The number of aromatic amines is 1. The number of hydrogen-bond acceptors (Lipinski definition) is 6. The number of amides is 1. The third-order valence-electron chi connectivity index (χ3n) is 5.02. The van der Waals surface area contributed by atoms with Crippen LogP contribution >= 0.6 is 12.2 Å². The maximum Gasteiger partial charge on any atom is 0.244 e. The van der Waals surface area contributed by atoms with Gasteiger partial charge < -0.3 is 14.5 Å². The second-order valence-corrected chi connectivity index (χ2v) is 7.61. The molecular formula is C21H19N5O3S. The van der Waals surface area contributed by atoms with E-state index in [1.165, 1.54) is 0 Å². The fourth-order valence-corrected chi connectivity index (χ4v) is 3.49. The van der Waals surface area contributed by atoms with Gasteiger partial charge in [-0.15, -0.1) is 0 Å². The van der Waals surface area contributed by atoms with Gasteiger partial charge in [-0.1, -0.05) is 0 Å². The van der Waals surface area contributed by atoms with Crippen LogP contribution in [0.4, 0.5) is 5.69 Å². The largest absolute Gasteiger partial charge is 0.497 e. The van der Waals surface area contributed by atoms with Crippen LogP contribution in [0.2, 0.25) is 0 Å². The maximum absolute atomic E-state index is 12.7. The summed E-state index contributed by atoms with van der Waals surface area (Å²) in [6.45, 7) is 0.0286. The van der Waals surface area contributed by atoms with E-state index in [4.69, 9.17) is 21.4 Å². The molecule has 0 saturated heterocycles. The number of ether oxygens (including phenoxy) is 1. The molecule has 1 aliphatic carbocycles. The number of anilines is 1. The fraction of sp³-hybridized carbons (Fsp3) is 0.238. The van der Waals surface area contributed by atoms with Crippen molar-refractivity contribution in [3.63, 3.8) is 0 Å². The first kappa shape index (κ1) is 18.6. The highest BCUT2D eigenvalue weighted by Gasteiger charge is 2.28. The molecule has 1 fully saturated rings. The highest BCUT2D eigenvalue weighted by atomic mass is 32.1. The number of oxazole rings is 1. The summed E-state index contributed by atoms with van der Waals surface area (Å²) in [5, 5.41) is 9.93. The van der Waals surface area contributed by atoms with Crippen LogP contribution in [-0.2, 0) is 11.3 Å². The van der Waals surface area contributed by atoms with Gasteiger partial charge in [-0.3, -0.25) is 14.5 Å². The lowest BCUT2D eigenvalue weighted by molar-refractivity contribution is -0.116. The van der Waals surface area contributed by atoms with Gasteiger partial charge in [-0.05, 0) is 67.5 Å². The Morgan fingerprint density at radius 1 is 1.30 bits per heavy atom. The van der Waals surface area contributed by atoms with Gasteiger partial charge in [0.2, 0.25) is 5.91 Å². The van der Waals surface area contributed by atoms with Gasteiger partial charge in [-0.25, -0.2) is 4.98 Å². The number of aromatic nitrogens is 4. The smallest absolute Gasteiger partial charge is 0.244 e. The summed E-state index contributed by atoms with van der Waals surface area (Å²) >= 11 is 5.32. The Hall–Kier alpha value is -3.46. The van der Waals surface area contributed by atoms with Crippen LogP contribution in [0.3, 0.4) is 0 Å². The molecule has 4 aromatic rings. The molecule has 0 radical (unpaired) electrons. The quantitative estimate of drug-likeness (QED) is 0.451. The molecule has 1 aliphatic rings. The second-order valence-electron chi connectivity index (χ2n) is 7.22. The molecule has 1 amide bonds. The summed E-state index contributed by atoms with van der Waals surface area (Å²) in [5.41, 5.74) is 2.96. The zero-order valence-electron chi connectivity index (χ0n) is 16.2. The van der Waals surface area contributed by atoms with Crippen molar-refractivity contribution in [1.82, 2.24) is 19.7 Å². The van der Waals surface area contributed by atoms with Crippen molar-refractivity contribution in [2.24, 2.45) is 0 Å². The van der Waals surface area contributed by atoms with Crippen LogP contribution in [0.5, 0.6) is 5.75 Å². The zero-order chi connectivity index (χ0) is 20.7. The van der Waals surface area contributed by atoms with E-state index in [9.17, 15) is 4.79 Å². The minimum atomic E-state index is -0.215. The molecule has 2 aromatic heterocycles. The summed E-state index contributed by atoms with van der Waals surface area (Å²) in [6.07, 6.45) is 2.25. The van der Waals surface area contributed by atoms with E-state index in [1.54, 1.807) is 17.7 Å². The fourth-order valence-electron chi connectivity index (χ4n) is 3.30. The number of nitrogens with zero attached hydrogens (tertiary/aromatic N) is 3. The molecule has 9 heteroatoms. The van der Waals surface area contributed by atoms with E-state index < -0.39 is 0 Å². The molecule has 0 unspecified atom stereocenters. The number of methoxy groups -OCH3 is 1. The standard InChI is InChI=1S/C21H19N5O3S/c1-28-15-7-4-12(5-8-15)19-24-25-21(30)26(19)11-18(27)22-14-6-9-17-16(10-14)23-20(29-17)13-2-3-13/h4-10,13H,2-3,11H2,1H3,(H,22,27)(H,25,30). The number of benzene rings is 2. The Kier molecular flexibility index (Phi) is 4.59. The summed E-state index contributed by atoms with van der Waals surface area (Å²) in [4.78, 5) is 17.2. The maximum atomic E-state index is 12.7. The van der Waals surface area contributed by atoms with Crippen LogP contribution in [0.25, 0.3) is 22.5 Å². The average Bonchev–Trinajstić information content (AvgIpc) is 3.43. The highest BCUT2D eigenvalue weighted by Crippen LogP contribution is 2.40. The van der Waals surface area contributed by atoms with Gasteiger partial charge in [0.1, 0.15) is 17.8 Å². The van der Waals surface area contributed by atoms with E-state index in [1.807, 2.05) is 36.4 Å². The van der Waals surface area contributed by atoms with Crippen LogP contribution in [0.1, 0.15) is 24.7 Å². The molecule has 2 N–H and O–H groups in total. The molecule has 152 valence electrons. The Bertz CT molecular complexity index is 1280. The second kappa shape index (κ2) is 7.42. The lowest BCUT2D eigenvalue weighted by Gasteiger charge is -2.09. The lowest BCUT2D eigenvalue weighted by atomic mass is 10.2. The number of carbonyl (C=O) groups is 1. The molecule has 0 atom stereocenters. The van der Waals surface area contributed by atoms with Gasteiger partial charge in [-0.2, -0.15) is 5.10 Å². The molecule has 5 rings (SSSR count). The minimum absolute atomic E-state index is 0.0286. The number of fused-ring (bicyclic) bond motifs is 1. The van der Waals surface area contributed by atoms with E-state index in [0.29, 0.717) is 22.2 Å². The number of rotatable bonds is 6. The first-order valence-electron chi connectivity index (χ1n) is 9.60. The monoisotopic (exact) mass is 421 g/mol. The van der Waals surface area contributed by atoms with Crippen LogP contribution in [0, 0.1) is 4.77 Å². The average molecular weight is 421 g/mol. The van der Waals surface area contributed by atoms with Crippen LogP contribution < -0.4 is 10.1 Å². The normalized spacial score (nSPS) is 13.5. The van der Waals surface area contributed by atoms with Crippen molar-refractivity contribution in [2.45, 2.75) is 25.3 Å². The molecule has 0 aliphatic heterocycles. The summed E-state index contributed by atoms with van der Waals surface area (Å²) < 4.78 is 13.0. The summed E-state index contributed by atoms with van der Waals surface area (Å²) in [5.74, 6) is 2.33. The van der Waals surface area contributed by atoms with Gasteiger partial charge >= 0.3 is 0 Å². The molecule has 8 nitrogen and oxygen atoms in total. The highest BCUT2D eigenvalue weighted by molar-refractivity contribution is 7.71. The van der Waals surface area contributed by atoms with Crippen molar-refractivity contribution in [1.29, 1.82) is 0 Å². The Morgan fingerprint density at radius 2 is 2.10 bits per heavy atom. The summed E-state index contributed by atoms with van der Waals surface area (Å²) in [7, 11) is 1.61. The van der Waals surface area contributed by atoms with Crippen molar-refractivity contribution < 1.29 is 13.9 Å². The van der Waals surface area contributed by atoms with Gasteiger partial charge in [0.25, 0.3) is 0 Å². The molecule has 2 heterocycles. The molecule has 30 heavy (non-hydrogen) atoms.